The first-order valence-corrected chi connectivity index (χ1v) is 7.91. The summed E-state index contributed by atoms with van der Waals surface area (Å²) in [7, 11) is 0. The van der Waals surface area contributed by atoms with Crippen molar-refractivity contribution in [3.8, 4) is 0 Å². The zero-order valence-corrected chi connectivity index (χ0v) is 13.9. The lowest BCUT2D eigenvalue weighted by molar-refractivity contribution is -0.181. The van der Waals surface area contributed by atoms with Gasteiger partial charge in [-0.1, -0.05) is 13.8 Å². The van der Waals surface area contributed by atoms with Crippen LogP contribution >= 0.6 is 0 Å². The van der Waals surface area contributed by atoms with Crippen LogP contribution in [-0.2, 0) is 19.1 Å². The van der Waals surface area contributed by atoms with Crippen molar-refractivity contribution in [3.05, 3.63) is 11.3 Å². The van der Waals surface area contributed by atoms with E-state index in [0.29, 0.717) is 11.8 Å². The highest BCUT2D eigenvalue weighted by atomic mass is 16.6. The van der Waals surface area contributed by atoms with Crippen molar-refractivity contribution in [1.29, 1.82) is 0 Å². The second kappa shape index (κ2) is 4.67. The third kappa shape index (κ3) is 1.87. The second-order valence-corrected chi connectivity index (χ2v) is 7.26. The molecule has 0 aromatic rings. The number of esters is 2. The molecule has 0 N–H and O–H groups in total. The first kappa shape index (κ1) is 15.3. The van der Waals surface area contributed by atoms with E-state index in [0.717, 1.165) is 18.6 Å². The Morgan fingerprint density at radius 3 is 2.68 bits per heavy atom. The third-order valence-electron chi connectivity index (χ3n) is 5.83. The van der Waals surface area contributed by atoms with Crippen LogP contribution in [0, 0.1) is 17.3 Å². The summed E-state index contributed by atoms with van der Waals surface area (Å²) in [6, 6.07) is 0. The molecule has 2 bridgehead atoms. The van der Waals surface area contributed by atoms with Crippen LogP contribution in [0.4, 0.5) is 0 Å². The predicted octanol–water partition coefficient (Wildman–Crippen LogP) is 2.65. The lowest BCUT2D eigenvalue weighted by atomic mass is 9.43. The zero-order valence-electron chi connectivity index (χ0n) is 13.9. The van der Waals surface area contributed by atoms with Gasteiger partial charge in [-0.25, -0.2) is 14.6 Å². The van der Waals surface area contributed by atoms with E-state index in [1.54, 1.807) is 13.8 Å². The third-order valence-corrected chi connectivity index (χ3v) is 5.83. The molecule has 3 saturated carbocycles. The smallest absolute Gasteiger partial charge is 0.358 e. The van der Waals surface area contributed by atoms with Crippen LogP contribution in [-0.4, -0.2) is 29.9 Å². The molecule has 0 aromatic carbocycles. The van der Waals surface area contributed by atoms with Crippen LogP contribution in [0.2, 0.25) is 0 Å². The van der Waals surface area contributed by atoms with Gasteiger partial charge in [0, 0.05) is 5.92 Å². The summed E-state index contributed by atoms with van der Waals surface area (Å²) in [4.78, 5) is 28.8. The molecule has 1 heterocycles. The minimum Gasteiger partial charge on any atom is -0.463 e. The summed E-state index contributed by atoms with van der Waals surface area (Å²) in [5.74, 6) is -0.155. The van der Waals surface area contributed by atoms with Crippen LogP contribution in [0.1, 0.15) is 47.5 Å². The number of carbonyl (C=O) groups is 2. The summed E-state index contributed by atoms with van der Waals surface area (Å²) >= 11 is 0. The summed E-state index contributed by atoms with van der Waals surface area (Å²) in [6.07, 6.45) is 1.90. The van der Waals surface area contributed by atoms with Gasteiger partial charge in [-0.2, -0.15) is 0 Å². The van der Waals surface area contributed by atoms with E-state index in [-0.39, 0.29) is 23.3 Å². The van der Waals surface area contributed by atoms with Crippen molar-refractivity contribution in [3.63, 3.8) is 0 Å². The summed E-state index contributed by atoms with van der Waals surface area (Å²) < 4.78 is 10.7. The Morgan fingerprint density at radius 2 is 2.09 bits per heavy atom. The Hall–Kier alpha value is -1.65. The van der Waals surface area contributed by atoms with E-state index in [2.05, 4.69) is 18.8 Å². The maximum atomic E-state index is 12.4. The molecule has 3 atom stereocenters. The van der Waals surface area contributed by atoms with Crippen molar-refractivity contribution >= 4 is 17.7 Å². The van der Waals surface area contributed by atoms with E-state index >= 15 is 0 Å². The maximum Gasteiger partial charge on any atom is 0.358 e. The molecule has 5 nitrogen and oxygen atoms in total. The molecule has 3 aliphatic carbocycles. The molecule has 0 spiro atoms. The number of nitrogens with zero attached hydrogens (tertiary/aromatic N) is 1. The largest absolute Gasteiger partial charge is 0.463 e. The van der Waals surface area contributed by atoms with Gasteiger partial charge in [0.15, 0.2) is 11.3 Å². The molecule has 120 valence electrons. The molecule has 0 saturated heterocycles. The van der Waals surface area contributed by atoms with Gasteiger partial charge in [-0.3, -0.25) is 0 Å². The number of ether oxygens (including phenoxy) is 2. The van der Waals surface area contributed by atoms with Gasteiger partial charge >= 0.3 is 11.9 Å². The molecule has 1 aliphatic heterocycles. The van der Waals surface area contributed by atoms with Crippen molar-refractivity contribution in [2.75, 3.05) is 6.61 Å². The average Bonchev–Trinajstić information content (AvgIpc) is 2.44. The van der Waals surface area contributed by atoms with Gasteiger partial charge in [0.1, 0.15) is 0 Å². The Bertz CT molecular complexity index is 616. The van der Waals surface area contributed by atoms with E-state index in [1.807, 2.05) is 6.92 Å². The number of carbonyl (C=O) groups excluding carboxylic acids is 2. The predicted molar refractivity (Wildman–Crippen MR) is 81.3 cm³/mol. The molecule has 0 amide bonds. The topological polar surface area (TPSA) is 65.0 Å². The van der Waals surface area contributed by atoms with E-state index in [1.165, 1.54) is 0 Å². The number of hydrogen-bond donors (Lipinski definition) is 0. The fourth-order valence-corrected chi connectivity index (χ4v) is 4.22. The maximum absolute atomic E-state index is 12.4. The minimum atomic E-state index is -0.631. The Balaban J connectivity index is 2.00. The van der Waals surface area contributed by atoms with Gasteiger partial charge in [0.05, 0.1) is 17.9 Å². The fourth-order valence-electron chi connectivity index (χ4n) is 4.22. The van der Waals surface area contributed by atoms with Crippen molar-refractivity contribution < 1.29 is 19.1 Å². The molecule has 3 fully saturated rings. The van der Waals surface area contributed by atoms with E-state index in [4.69, 9.17) is 9.47 Å². The van der Waals surface area contributed by atoms with Crippen molar-refractivity contribution in [2.24, 2.45) is 22.2 Å². The molecule has 0 radical (unpaired) electrons. The SMILES string of the molecule is CCOC(=O)/C(C)=C1\N=C2C[C@@H]3C[C@@H](C3(C)C)[C@@]2(C)OC1=O. The highest BCUT2D eigenvalue weighted by Crippen LogP contribution is 2.63. The summed E-state index contributed by atoms with van der Waals surface area (Å²) in [6.45, 7) is 9.99. The normalized spacial score (nSPS) is 37.3. The quantitative estimate of drug-likeness (QED) is 0.581. The average molecular weight is 305 g/mol. The van der Waals surface area contributed by atoms with Crippen LogP contribution in [0.3, 0.4) is 0 Å². The second-order valence-electron chi connectivity index (χ2n) is 7.26. The first-order chi connectivity index (χ1) is 10.2. The summed E-state index contributed by atoms with van der Waals surface area (Å²) in [5.41, 5.74) is 0.760. The molecule has 4 rings (SSSR count). The minimum absolute atomic E-state index is 0.102. The Morgan fingerprint density at radius 1 is 1.41 bits per heavy atom. The Kier molecular flexibility index (Phi) is 3.24. The zero-order chi connectivity index (χ0) is 16.3. The lowest BCUT2D eigenvalue weighted by Crippen LogP contribution is -2.67. The number of hydrogen-bond acceptors (Lipinski definition) is 5. The standard InChI is InChI=1S/C17H23NO4/c1-6-21-14(19)9(2)13-15(20)22-17(5)11-7-10(16(11,3)4)8-12(17)18-13/h10-11H,6-8H2,1-5H3/b13-9-/t10-,11-,17+/m0/s1. The molecule has 5 heteroatoms. The van der Waals surface area contributed by atoms with Gasteiger partial charge in [0.25, 0.3) is 0 Å². The van der Waals surface area contributed by atoms with Crippen LogP contribution < -0.4 is 0 Å². The number of rotatable bonds is 2. The monoisotopic (exact) mass is 305 g/mol. The lowest BCUT2D eigenvalue weighted by Gasteiger charge is -2.64. The molecular weight excluding hydrogens is 282 g/mol. The first-order valence-electron chi connectivity index (χ1n) is 7.91. The molecule has 0 aromatic heterocycles. The molecular formula is C17H23NO4. The van der Waals surface area contributed by atoms with Gasteiger partial charge in [-0.15, -0.1) is 0 Å². The molecule has 4 aliphatic rings. The van der Waals surface area contributed by atoms with Gasteiger partial charge in [0.2, 0.25) is 0 Å². The molecule has 22 heavy (non-hydrogen) atoms. The highest BCUT2D eigenvalue weighted by molar-refractivity contribution is 6.08. The number of aliphatic imine (C=N–C) groups is 1. The summed E-state index contributed by atoms with van der Waals surface area (Å²) in [5, 5.41) is 0. The van der Waals surface area contributed by atoms with Crippen LogP contribution in [0.5, 0.6) is 0 Å². The highest BCUT2D eigenvalue weighted by Gasteiger charge is 2.65. The van der Waals surface area contributed by atoms with E-state index in [9.17, 15) is 9.59 Å². The Labute approximate surface area is 130 Å². The van der Waals surface area contributed by atoms with Gasteiger partial charge in [-0.05, 0) is 44.9 Å². The van der Waals surface area contributed by atoms with Crippen molar-refractivity contribution in [2.45, 2.75) is 53.1 Å². The molecule has 0 unspecified atom stereocenters. The van der Waals surface area contributed by atoms with E-state index < -0.39 is 17.5 Å². The van der Waals surface area contributed by atoms with Crippen LogP contribution in [0.15, 0.2) is 16.3 Å². The van der Waals surface area contributed by atoms with Gasteiger partial charge < -0.3 is 9.47 Å². The van der Waals surface area contributed by atoms with Crippen LogP contribution in [0.25, 0.3) is 0 Å². The van der Waals surface area contributed by atoms with Crippen molar-refractivity contribution in [1.82, 2.24) is 0 Å². The fraction of sp³-hybridized carbons (Fsp3) is 0.706.